The minimum absolute atomic E-state index is 0.665. The van der Waals surface area contributed by atoms with E-state index in [1.807, 2.05) is 49.6 Å². The molecule has 1 atom stereocenters. The van der Waals surface area contributed by atoms with Crippen molar-refractivity contribution in [2.75, 3.05) is 47.7 Å². The Hall–Kier alpha value is -3.26. The highest BCUT2D eigenvalue weighted by molar-refractivity contribution is 7.99. The fourth-order valence-electron chi connectivity index (χ4n) is 5.52. The second kappa shape index (κ2) is 11.7. The molecule has 0 amide bonds. The van der Waals surface area contributed by atoms with E-state index in [9.17, 15) is 4.21 Å². The van der Waals surface area contributed by atoms with E-state index >= 15 is 0 Å². The summed E-state index contributed by atoms with van der Waals surface area (Å²) < 4.78 is 15.9. The maximum absolute atomic E-state index is 11.5. The van der Waals surface area contributed by atoms with Gasteiger partial charge in [-0.1, -0.05) is 12.2 Å². The molecule has 0 aliphatic carbocycles. The quantitative estimate of drug-likeness (QED) is 0.219. The average Bonchev–Trinajstić information content (AvgIpc) is 3.82. The lowest BCUT2D eigenvalue weighted by molar-refractivity contribution is 0.684. The molecule has 0 saturated heterocycles. The molecular weight excluding hydrogens is 617 g/mol. The zero-order chi connectivity index (χ0) is 29.7. The van der Waals surface area contributed by atoms with Crippen LogP contribution in [0.4, 0.5) is 11.6 Å². The van der Waals surface area contributed by atoms with Crippen molar-refractivity contribution in [2.45, 2.75) is 26.7 Å². The highest BCUT2D eigenvalue weighted by Crippen LogP contribution is 2.37. The topological polar surface area (TPSA) is 102 Å². The minimum atomic E-state index is -0.690. The summed E-state index contributed by atoms with van der Waals surface area (Å²) in [5, 5.41) is 6.28. The SMILES string of the molecule is CNc1nc2cc(C3=CCS(=O)CC3)sc2n2c(C)cnc12.CNc1nc2cc(C3=CCSCC3)sc2n2c(C)cnc12. The monoisotopic (exact) mass is 648 g/mol. The van der Waals surface area contributed by atoms with E-state index in [1.54, 1.807) is 11.3 Å². The van der Waals surface area contributed by atoms with Gasteiger partial charge in [-0.3, -0.25) is 13.0 Å². The van der Waals surface area contributed by atoms with Crippen molar-refractivity contribution in [1.82, 2.24) is 28.7 Å². The van der Waals surface area contributed by atoms with Gasteiger partial charge in [0.25, 0.3) is 0 Å². The van der Waals surface area contributed by atoms with Crippen LogP contribution in [0, 0.1) is 13.8 Å². The molecule has 6 aromatic rings. The zero-order valence-electron chi connectivity index (χ0n) is 24.4. The molecule has 0 aromatic carbocycles. The lowest BCUT2D eigenvalue weighted by Crippen LogP contribution is -2.07. The molecule has 8 heterocycles. The minimum Gasteiger partial charge on any atom is -0.370 e. The highest BCUT2D eigenvalue weighted by atomic mass is 32.2. The third-order valence-corrected chi connectivity index (χ3v) is 12.2. The van der Waals surface area contributed by atoms with E-state index in [4.69, 9.17) is 9.97 Å². The number of nitrogens with one attached hydrogen (secondary N) is 2. The van der Waals surface area contributed by atoms with Crippen LogP contribution >= 0.6 is 34.4 Å². The Labute approximate surface area is 264 Å². The number of allylic oxidation sites excluding steroid dienone is 2. The zero-order valence-corrected chi connectivity index (χ0v) is 27.7. The second-order valence-electron chi connectivity index (χ2n) is 10.5. The van der Waals surface area contributed by atoms with Crippen LogP contribution in [0.5, 0.6) is 0 Å². The van der Waals surface area contributed by atoms with E-state index in [0.29, 0.717) is 5.75 Å². The van der Waals surface area contributed by atoms with Crippen LogP contribution in [-0.2, 0) is 10.8 Å². The van der Waals surface area contributed by atoms with Crippen molar-refractivity contribution < 1.29 is 4.21 Å². The van der Waals surface area contributed by atoms with Gasteiger partial charge in [-0.2, -0.15) is 11.8 Å². The van der Waals surface area contributed by atoms with E-state index in [-0.39, 0.29) is 0 Å². The van der Waals surface area contributed by atoms with Gasteiger partial charge in [-0.25, -0.2) is 19.9 Å². The van der Waals surface area contributed by atoms with Crippen LogP contribution in [0.3, 0.4) is 0 Å². The lowest BCUT2D eigenvalue weighted by Gasteiger charge is -2.10. The number of fused-ring (bicyclic) bond motifs is 6. The fourth-order valence-corrected chi connectivity index (χ4v) is 9.82. The van der Waals surface area contributed by atoms with E-state index in [2.05, 4.69) is 67.5 Å². The van der Waals surface area contributed by atoms with E-state index in [1.165, 1.54) is 31.5 Å². The van der Waals surface area contributed by atoms with Gasteiger partial charge in [-0.05, 0) is 55.7 Å². The number of anilines is 2. The van der Waals surface area contributed by atoms with Crippen LogP contribution in [-0.4, -0.2) is 70.1 Å². The van der Waals surface area contributed by atoms with Crippen LogP contribution in [0.25, 0.3) is 43.1 Å². The predicted octanol–water partition coefficient (Wildman–Crippen LogP) is 6.64. The summed E-state index contributed by atoms with van der Waals surface area (Å²) >= 11 is 5.56. The molecule has 2 aliphatic rings. The predicted molar refractivity (Wildman–Crippen MR) is 186 cm³/mol. The van der Waals surface area contributed by atoms with Gasteiger partial charge < -0.3 is 10.6 Å². The number of imidazole rings is 2. The number of thioether (sulfide) groups is 1. The van der Waals surface area contributed by atoms with Gasteiger partial charge in [0.15, 0.2) is 22.9 Å². The van der Waals surface area contributed by atoms with Crippen molar-refractivity contribution >= 4 is 100 Å². The molecule has 0 bridgehead atoms. The van der Waals surface area contributed by atoms with Gasteiger partial charge in [-0.15, -0.1) is 22.7 Å². The smallest absolute Gasteiger partial charge is 0.181 e. The Morgan fingerprint density at radius 1 is 0.814 bits per heavy atom. The first-order chi connectivity index (χ1) is 20.9. The highest BCUT2D eigenvalue weighted by Gasteiger charge is 2.18. The molecule has 0 fully saturated rings. The Balaban J connectivity index is 0.000000140. The van der Waals surface area contributed by atoms with Gasteiger partial charge in [0.05, 0.1) is 0 Å². The molecule has 1 unspecified atom stereocenters. The average molecular weight is 649 g/mol. The van der Waals surface area contributed by atoms with Gasteiger partial charge in [0.1, 0.15) is 20.7 Å². The fraction of sp³-hybridized carbons (Fsp3) is 0.333. The molecule has 0 saturated carbocycles. The maximum Gasteiger partial charge on any atom is 0.181 e. The molecule has 0 spiro atoms. The first kappa shape index (κ1) is 28.5. The molecule has 2 aliphatic heterocycles. The summed E-state index contributed by atoms with van der Waals surface area (Å²) in [7, 11) is 3.07. The van der Waals surface area contributed by atoms with Crippen molar-refractivity contribution in [3.8, 4) is 0 Å². The van der Waals surface area contributed by atoms with E-state index in [0.717, 1.165) is 74.5 Å². The Kier molecular flexibility index (Phi) is 7.74. The number of nitrogens with zero attached hydrogens (tertiary/aromatic N) is 6. The summed E-state index contributed by atoms with van der Waals surface area (Å²) in [5.41, 5.74) is 8.80. The first-order valence-corrected chi connectivity index (χ1v) is 18.4. The van der Waals surface area contributed by atoms with E-state index < -0.39 is 10.8 Å². The molecule has 9 nitrogen and oxygen atoms in total. The van der Waals surface area contributed by atoms with Crippen molar-refractivity contribution in [1.29, 1.82) is 0 Å². The number of aryl methyl sites for hydroxylation is 2. The van der Waals surface area contributed by atoms with Crippen molar-refractivity contribution in [3.63, 3.8) is 0 Å². The summed E-state index contributed by atoms with van der Waals surface area (Å²) in [6, 6.07) is 4.36. The second-order valence-corrected chi connectivity index (χ2v) is 15.3. The van der Waals surface area contributed by atoms with Crippen LogP contribution < -0.4 is 10.6 Å². The molecule has 43 heavy (non-hydrogen) atoms. The Morgan fingerprint density at radius 2 is 1.37 bits per heavy atom. The summed E-state index contributed by atoms with van der Waals surface area (Å²) in [6.45, 7) is 4.15. The van der Waals surface area contributed by atoms with Gasteiger partial charge in [0, 0.05) is 75.7 Å². The summed E-state index contributed by atoms with van der Waals surface area (Å²) in [4.78, 5) is 23.3. The Bertz CT molecular complexity index is 2100. The van der Waals surface area contributed by atoms with Crippen LogP contribution in [0.1, 0.15) is 34.0 Å². The van der Waals surface area contributed by atoms with Crippen molar-refractivity contribution in [3.05, 3.63) is 57.8 Å². The molecule has 2 N–H and O–H groups in total. The standard InChI is InChI=1S/C15H16N4OS2.C15H16N4S2/c1-9-8-17-14-13(16-2)18-11-7-12(21-15(11)19(9)14)10-3-5-22(20)6-4-10;1-9-8-17-14-13(16-2)18-11-7-12(21-15(11)19(9)14)10-3-5-20-6-4-10/h3,7-8H,4-6H2,1-2H3,(H,16,18);3,7-8H,4-6H2,1-2H3,(H,16,18). The summed E-state index contributed by atoms with van der Waals surface area (Å²) in [5.74, 6) is 5.40. The molecular formula is C30H32N8OS4. The Morgan fingerprint density at radius 3 is 1.84 bits per heavy atom. The first-order valence-electron chi connectivity index (χ1n) is 14.2. The number of hydrogen-bond donors (Lipinski definition) is 2. The third-order valence-electron chi connectivity index (χ3n) is 7.74. The van der Waals surface area contributed by atoms with Crippen LogP contribution in [0.2, 0.25) is 0 Å². The normalized spacial score (nSPS) is 17.3. The number of hydrogen-bond acceptors (Lipinski definition) is 10. The number of aromatic nitrogens is 6. The third kappa shape index (κ3) is 5.15. The molecule has 0 radical (unpaired) electrons. The lowest BCUT2D eigenvalue weighted by atomic mass is 10.1. The van der Waals surface area contributed by atoms with Crippen molar-refractivity contribution in [2.24, 2.45) is 0 Å². The maximum atomic E-state index is 11.5. The largest absolute Gasteiger partial charge is 0.370 e. The van der Waals surface area contributed by atoms with Crippen LogP contribution in [0.15, 0.2) is 36.7 Å². The number of thiophene rings is 2. The molecule has 222 valence electrons. The molecule has 13 heteroatoms. The molecule has 6 aromatic heterocycles. The molecule has 8 rings (SSSR count). The number of rotatable bonds is 4. The van der Waals surface area contributed by atoms with Gasteiger partial charge >= 0.3 is 0 Å². The summed E-state index contributed by atoms with van der Waals surface area (Å²) in [6.07, 6.45) is 10.3. The van der Waals surface area contributed by atoms with Gasteiger partial charge in [0.2, 0.25) is 0 Å².